The monoisotopic (exact) mass is 1860 g/mol. The maximum atomic E-state index is 16.0. The minimum absolute atomic E-state index is 0.0554. The smallest absolute Gasteiger partial charge is 0.337 e. The Bertz CT molecular complexity index is 6930. The molecule has 0 saturated carbocycles. The van der Waals surface area contributed by atoms with Gasteiger partial charge in [0.1, 0.15) is 40.3 Å². The first-order valence-corrected chi connectivity index (χ1v) is 47.0. The first-order chi connectivity index (χ1) is 64.4. The minimum Gasteiger partial charge on any atom is -0.496 e. The number of fused-ring (bicyclic) bond motifs is 3. The van der Waals surface area contributed by atoms with Crippen molar-refractivity contribution in [2.45, 2.75) is 51.3 Å². The first-order valence-electron chi connectivity index (χ1n) is 44.1. The van der Waals surface area contributed by atoms with Crippen molar-refractivity contribution < 1.29 is 68.5 Å². The molecule has 7 N–H and O–H groups in total. The number of aromatic amines is 1. The summed E-state index contributed by atoms with van der Waals surface area (Å²) in [6, 6.07) is 48.8. The van der Waals surface area contributed by atoms with Gasteiger partial charge in [-0.1, -0.05) is 118 Å². The highest BCUT2D eigenvalue weighted by molar-refractivity contribution is 7.90. The number of benzene rings is 8. The van der Waals surface area contributed by atoms with Gasteiger partial charge in [-0.05, 0) is 168 Å². The van der Waals surface area contributed by atoms with Gasteiger partial charge in [0.2, 0.25) is 5.91 Å². The van der Waals surface area contributed by atoms with Crippen molar-refractivity contribution in [1.82, 2.24) is 62.2 Å². The normalized spacial score (nSPS) is 13.3. The highest BCUT2D eigenvalue weighted by atomic mass is 32.2. The van der Waals surface area contributed by atoms with Crippen LogP contribution in [-0.4, -0.2) is 254 Å². The molecule has 16 rings (SSSR count). The average molecular weight is 1860 g/mol. The second-order valence-electron chi connectivity index (χ2n) is 33.1. The van der Waals surface area contributed by atoms with E-state index >= 15 is 8.78 Å². The third-order valence-corrected chi connectivity index (χ3v) is 27.8. The number of nitrogens with zero attached hydrogens (tertiary/aromatic N) is 12. The number of nitrogen functional groups attached to an aromatic ring is 2. The number of ether oxygens (including phenoxy) is 3. The molecule has 2 aliphatic heterocycles. The van der Waals surface area contributed by atoms with Gasteiger partial charge in [0, 0.05) is 182 Å². The van der Waals surface area contributed by atoms with Crippen LogP contribution < -0.4 is 31.0 Å². The molecule has 14 aromatic rings. The number of rotatable bonds is 29. The van der Waals surface area contributed by atoms with Crippen LogP contribution in [0, 0.1) is 31.3 Å². The Morgan fingerprint density at radius 1 is 0.463 bits per heavy atom. The number of hydrogen-bond donors (Lipinski definition) is 5. The number of amides is 3. The number of hydrogen-bond acceptors (Lipinski definition) is 21. The van der Waals surface area contributed by atoms with Crippen LogP contribution >= 0.6 is 0 Å². The SMILES string of the molecule is CCN(CC)CCN1CCN(C(=O)c2cc(-c3cnc4[nH]cc(-c5ccccc5OC)c4c3)cc(F)c2NC(=O)CN(C)C)CC1.CCN(CC)CCN1CCN(C(=O)c2cc(-c3cnc4c(c3)c(-c3ccccc3OC)cn4S(=O)(=O)c3ccc(C)cc3)cc(F)c2N)CC1.COc1ccccc1-c1cn(S(=O)(=O)c2ccc(C)cc2)c2ncc(-c3cc(F)c(N)c(C(=O)O)c3)cc12. The lowest BCUT2D eigenvalue weighted by Gasteiger charge is -2.36. The van der Waals surface area contributed by atoms with Crippen LogP contribution in [0.2, 0.25) is 0 Å². The van der Waals surface area contributed by atoms with E-state index in [4.69, 9.17) is 25.7 Å². The largest absolute Gasteiger partial charge is 0.496 e. The lowest BCUT2D eigenvalue weighted by atomic mass is 9.98. The maximum Gasteiger partial charge on any atom is 0.337 e. The van der Waals surface area contributed by atoms with Crippen LogP contribution in [0.25, 0.3) is 99.9 Å². The van der Waals surface area contributed by atoms with E-state index in [0.29, 0.717) is 104 Å². The van der Waals surface area contributed by atoms with Crippen LogP contribution in [0.3, 0.4) is 0 Å². The number of aromatic carboxylic acids is 1. The molecule has 0 bridgehead atoms. The molecule has 6 aromatic heterocycles. The Labute approximate surface area is 777 Å². The summed E-state index contributed by atoms with van der Waals surface area (Å²) in [4.78, 5) is 83.9. The fourth-order valence-corrected chi connectivity index (χ4v) is 19.3. The number of pyridine rings is 3. The molecular weight excluding hydrogens is 1750 g/mol. The Balaban J connectivity index is 0.000000163. The molecule has 0 radical (unpaired) electrons. The van der Waals surface area contributed by atoms with E-state index in [0.717, 1.165) is 122 Å². The molecule has 0 atom stereocenters. The summed E-state index contributed by atoms with van der Waals surface area (Å²) in [6.07, 6.45) is 9.40. The van der Waals surface area contributed by atoms with E-state index < -0.39 is 55.1 Å². The lowest BCUT2D eigenvalue weighted by Crippen LogP contribution is -2.50. The second-order valence-corrected chi connectivity index (χ2v) is 36.7. The van der Waals surface area contributed by atoms with Crippen molar-refractivity contribution in [3.05, 3.63) is 258 Å². The number of carboxylic acid groups (broad SMARTS) is 1. The predicted molar refractivity (Wildman–Crippen MR) is 518 cm³/mol. The number of H-pyrrole nitrogens is 1. The number of nitrogens with one attached hydrogen (secondary N) is 2. The molecule has 8 aromatic carbocycles. The van der Waals surface area contributed by atoms with Crippen LogP contribution in [-0.2, 0) is 24.8 Å². The number of anilines is 3. The van der Waals surface area contributed by atoms with E-state index in [1.807, 2.05) is 68.6 Å². The van der Waals surface area contributed by atoms with Crippen molar-refractivity contribution in [2.75, 3.05) is 163 Å². The second kappa shape index (κ2) is 42.0. The van der Waals surface area contributed by atoms with Crippen molar-refractivity contribution in [3.63, 3.8) is 0 Å². The molecule has 8 heterocycles. The van der Waals surface area contributed by atoms with Gasteiger partial charge >= 0.3 is 5.97 Å². The zero-order valence-corrected chi connectivity index (χ0v) is 78.3. The molecule has 134 heavy (non-hydrogen) atoms. The van der Waals surface area contributed by atoms with Gasteiger partial charge in [0.05, 0.1) is 71.4 Å². The molecule has 3 amide bonds. The molecule has 2 saturated heterocycles. The fraction of sp³-hybridized carbons (Fsp3) is 0.277. The lowest BCUT2D eigenvalue weighted by molar-refractivity contribution is -0.116. The molecule has 0 aliphatic carbocycles. The zero-order chi connectivity index (χ0) is 95.6. The van der Waals surface area contributed by atoms with Gasteiger partial charge in [-0.3, -0.25) is 24.2 Å². The number of carbonyl (C=O) groups excluding carboxylic acids is 3. The van der Waals surface area contributed by atoms with Gasteiger partial charge in [-0.15, -0.1) is 0 Å². The molecular formula is C101H109F3N16O12S2. The zero-order valence-electron chi connectivity index (χ0n) is 76.6. The van der Waals surface area contributed by atoms with E-state index in [1.54, 1.807) is 140 Å². The van der Waals surface area contributed by atoms with Gasteiger partial charge in [0.15, 0.2) is 11.3 Å². The summed E-state index contributed by atoms with van der Waals surface area (Å²) in [5.41, 5.74) is 20.5. The number of nitrogens with two attached hydrogens (primary N) is 2. The summed E-state index contributed by atoms with van der Waals surface area (Å²) in [6.45, 7) is 25.2. The van der Waals surface area contributed by atoms with Crippen LogP contribution in [0.5, 0.6) is 17.2 Å². The Kier molecular flexibility index (Phi) is 30.1. The Hall–Kier alpha value is -13.8. The van der Waals surface area contributed by atoms with Crippen LogP contribution in [0.15, 0.2) is 223 Å². The summed E-state index contributed by atoms with van der Waals surface area (Å²) < 4.78 is 120. The number of aryl methyl sites for hydroxylation is 2. The van der Waals surface area contributed by atoms with Crippen LogP contribution in [0.1, 0.15) is 69.9 Å². The highest BCUT2D eigenvalue weighted by Crippen LogP contribution is 2.44. The highest BCUT2D eigenvalue weighted by Gasteiger charge is 2.33. The molecule has 0 spiro atoms. The molecule has 28 nitrogen and oxygen atoms in total. The van der Waals surface area contributed by atoms with Crippen LogP contribution in [0.4, 0.5) is 30.2 Å². The van der Waals surface area contributed by atoms with E-state index in [9.17, 15) is 45.5 Å². The number of para-hydroxylation sites is 3. The van der Waals surface area contributed by atoms with Crippen molar-refractivity contribution >= 4 is 93.9 Å². The summed E-state index contributed by atoms with van der Waals surface area (Å²) in [5.74, 6) is -2.91. The number of halogens is 3. The quantitative estimate of drug-likeness (QED) is 0.0272. The Morgan fingerprint density at radius 2 is 0.836 bits per heavy atom. The number of piperazine rings is 2. The van der Waals surface area contributed by atoms with Gasteiger partial charge in [-0.2, -0.15) is 0 Å². The molecule has 2 aliphatic rings. The number of carboxylic acids is 1. The first kappa shape index (κ1) is 96.3. The maximum absolute atomic E-state index is 16.0. The minimum atomic E-state index is -4.04. The molecule has 0 unspecified atom stereocenters. The molecule has 698 valence electrons. The number of carbonyl (C=O) groups is 4. The standard InChI is InChI=1S/C38H43FN6O4S.C35H44FN7O3.C28H22FN3O5S/c1-5-42(6-2)15-16-43-17-19-44(20-18-43)38(46)32-21-27(23-34(39)36(32)40)28-22-31-33(30-9-7-8-10-35(30)49-4)25-45(37(31)41-24-28)50(47,48)29-13-11-26(3)12-14-29;1-6-41(7-2)12-13-42-14-16-43(17-15-42)35(45)28-18-24(20-30(36)33(28)39-32(44)23-40(3)4)25-19-27-29(22-38-34(27)37-21-25)26-10-8-9-11-31(26)46-5;1-16-7-9-19(10-8-16)38(35,36)32-15-23(20-5-3-4-6-25(20)37-2)21-12-18(14-31-27(21)32)17-11-22(28(33)34)26(30)24(29)13-17/h7-14,21-25H,5-6,15-20,40H2,1-4H3;8-11,18-22H,6-7,12-17,23H2,1-5H3,(H,37,38)(H,39,44);3-15H,30H2,1-2H3,(H,33,34). The molecule has 2 fully saturated rings. The predicted octanol–water partition coefficient (Wildman–Crippen LogP) is 15.7. The summed E-state index contributed by atoms with van der Waals surface area (Å²) >= 11 is 0. The van der Waals surface area contributed by atoms with E-state index in [2.05, 4.69) is 72.5 Å². The summed E-state index contributed by atoms with van der Waals surface area (Å²) in [7, 11) is 0.121. The van der Waals surface area contributed by atoms with Crippen molar-refractivity contribution in [3.8, 4) is 84.0 Å². The van der Waals surface area contributed by atoms with Gasteiger partial charge in [-0.25, -0.2) is 57.7 Å². The fourth-order valence-electron chi connectivity index (χ4n) is 16.7. The van der Waals surface area contributed by atoms with Gasteiger partial charge in [0.25, 0.3) is 31.9 Å². The average Bonchev–Trinajstić information content (AvgIpc) is 1.59. The van der Waals surface area contributed by atoms with E-state index in [-0.39, 0.29) is 73.1 Å². The van der Waals surface area contributed by atoms with Gasteiger partial charge < -0.3 is 65.6 Å². The number of aromatic nitrogens is 6. The Morgan fingerprint density at radius 3 is 1.25 bits per heavy atom. The molecule has 33 heteroatoms. The van der Waals surface area contributed by atoms with Crippen molar-refractivity contribution in [2.24, 2.45) is 0 Å². The number of methoxy groups -OCH3 is 3. The van der Waals surface area contributed by atoms with E-state index in [1.165, 1.54) is 66.2 Å². The summed E-state index contributed by atoms with van der Waals surface area (Å²) in [5, 5.41) is 13.9. The topological polar surface area (TPSA) is 336 Å². The third kappa shape index (κ3) is 20.8. The number of likely N-dealkylation sites (N-methyl/N-ethyl adjacent to an activating group) is 3. The van der Waals surface area contributed by atoms with Crippen molar-refractivity contribution in [1.29, 1.82) is 0 Å². The third-order valence-electron chi connectivity index (χ3n) is 24.4.